The maximum atomic E-state index is 14.4. The molecule has 25 heavy (non-hydrogen) atoms. The highest BCUT2D eigenvalue weighted by atomic mass is 35.5. The van der Waals surface area contributed by atoms with Crippen molar-refractivity contribution in [2.45, 2.75) is 32.9 Å². The van der Waals surface area contributed by atoms with Crippen LogP contribution in [0.2, 0.25) is 0 Å². The van der Waals surface area contributed by atoms with Crippen LogP contribution in [0.15, 0.2) is 30.3 Å². The van der Waals surface area contributed by atoms with Gasteiger partial charge >= 0.3 is 12.1 Å². The fraction of sp³-hybridized carbons (Fsp3) is 0.278. The Morgan fingerprint density at radius 2 is 1.72 bits per heavy atom. The van der Waals surface area contributed by atoms with E-state index in [1.165, 1.54) is 6.92 Å². The second-order valence-corrected chi connectivity index (χ2v) is 5.60. The van der Waals surface area contributed by atoms with E-state index in [-0.39, 0.29) is 30.0 Å². The van der Waals surface area contributed by atoms with Crippen molar-refractivity contribution in [1.82, 2.24) is 0 Å². The Balaban J connectivity index is 0.00000312. The molecule has 2 aromatic rings. The topological polar surface area (TPSA) is 37.3 Å². The van der Waals surface area contributed by atoms with Crippen molar-refractivity contribution in [3.8, 4) is 11.1 Å². The van der Waals surface area contributed by atoms with Gasteiger partial charge in [0.05, 0.1) is 5.56 Å². The minimum Gasteiger partial charge on any atom is -0.481 e. The number of carboxylic acid groups (broad SMARTS) is 1. The summed E-state index contributed by atoms with van der Waals surface area (Å²) in [5.41, 5.74) is 0.345. The van der Waals surface area contributed by atoms with Gasteiger partial charge in [0.1, 0.15) is 5.82 Å². The summed E-state index contributed by atoms with van der Waals surface area (Å²) in [5, 5.41) is 8.77. The van der Waals surface area contributed by atoms with Crippen LogP contribution in [0.3, 0.4) is 0 Å². The van der Waals surface area contributed by atoms with Crippen LogP contribution in [-0.2, 0) is 17.4 Å². The number of carboxylic acids is 1. The van der Waals surface area contributed by atoms with E-state index >= 15 is 0 Å². The van der Waals surface area contributed by atoms with Crippen molar-refractivity contribution in [3.63, 3.8) is 0 Å². The molecule has 0 aromatic heterocycles. The van der Waals surface area contributed by atoms with Gasteiger partial charge in [-0.15, -0.1) is 12.4 Å². The number of aliphatic carboxylic acids is 1. The summed E-state index contributed by atoms with van der Waals surface area (Å²) in [4.78, 5) is 10.7. The largest absolute Gasteiger partial charge is 0.481 e. The lowest BCUT2D eigenvalue weighted by Crippen LogP contribution is -2.13. The Labute approximate surface area is 148 Å². The lowest BCUT2D eigenvalue weighted by Gasteiger charge is -2.19. The predicted octanol–water partition coefficient (Wildman–Crippen LogP) is 5.57. The summed E-state index contributed by atoms with van der Waals surface area (Å²) in [6.45, 7) is 3.27. The van der Waals surface area contributed by atoms with Gasteiger partial charge in [-0.2, -0.15) is 13.2 Å². The van der Waals surface area contributed by atoms with Gasteiger partial charge < -0.3 is 5.11 Å². The molecule has 0 amide bonds. The third kappa shape index (κ3) is 4.51. The van der Waals surface area contributed by atoms with Crippen molar-refractivity contribution >= 4 is 18.4 Å². The van der Waals surface area contributed by atoms with E-state index in [4.69, 9.17) is 5.11 Å². The molecule has 0 saturated carbocycles. The van der Waals surface area contributed by atoms with E-state index < -0.39 is 29.9 Å². The minimum absolute atomic E-state index is 0. The Bertz CT molecular complexity index is 785. The molecule has 1 N–H and O–H groups in total. The van der Waals surface area contributed by atoms with E-state index in [1.54, 1.807) is 31.2 Å². The zero-order valence-electron chi connectivity index (χ0n) is 13.6. The van der Waals surface area contributed by atoms with Crippen molar-refractivity contribution in [2.24, 2.45) is 0 Å². The quantitative estimate of drug-likeness (QED) is 0.708. The minimum atomic E-state index is -4.85. The molecule has 0 heterocycles. The first-order valence-electron chi connectivity index (χ1n) is 7.30. The lowest BCUT2D eigenvalue weighted by atomic mass is 9.89. The molecule has 136 valence electrons. The highest BCUT2D eigenvalue weighted by molar-refractivity contribution is 5.85. The first kappa shape index (κ1) is 21.0. The van der Waals surface area contributed by atoms with Crippen LogP contribution in [0.4, 0.5) is 17.6 Å². The molecule has 0 saturated heterocycles. The van der Waals surface area contributed by atoms with Gasteiger partial charge in [-0.05, 0) is 54.2 Å². The molecule has 0 fully saturated rings. The van der Waals surface area contributed by atoms with Crippen molar-refractivity contribution in [2.75, 3.05) is 0 Å². The standard InChI is InChI=1S/C18H16F4O2.ClH/c1-10-5-3-4-6-12(10)14-9-15(18(20,21)22)17(19)13(11(14)2)7-8-16(23)24;/h3-6,9H,7-8H2,1-2H3,(H,23,24);1H. The summed E-state index contributed by atoms with van der Waals surface area (Å²) in [5.74, 6) is -2.58. The Morgan fingerprint density at radius 3 is 2.24 bits per heavy atom. The zero-order chi connectivity index (χ0) is 18.1. The molecular formula is C18H17ClF4O2. The van der Waals surface area contributed by atoms with Crippen molar-refractivity contribution < 1.29 is 27.5 Å². The molecule has 0 atom stereocenters. The second-order valence-electron chi connectivity index (χ2n) is 5.60. The van der Waals surface area contributed by atoms with E-state index in [0.29, 0.717) is 11.1 Å². The SMILES string of the molecule is Cc1ccccc1-c1cc(C(F)(F)F)c(F)c(CCC(=O)O)c1C.Cl. The molecule has 2 aromatic carbocycles. The molecule has 2 nitrogen and oxygen atoms in total. The molecule has 0 radical (unpaired) electrons. The van der Waals surface area contributed by atoms with Crippen LogP contribution in [0.5, 0.6) is 0 Å². The molecule has 7 heteroatoms. The van der Waals surface area contributed by atoms with Crippen LogP contribution < -0.4 is 0 Å². The van der Waals surface area contributed by atoms with E-state index in [9.17, 15) is 22.4 Å². The number of benzene rings is 2. The Kier molecular flexibility index (Phi) is 6.60. The number of halogens is 5. The summed E-state index contributed by atoms with van der Waals surface area (Å²) >= 11 is 0. The molecule has 0 aliphatic heterocycles. The average molecular weight is 377 g/mol. The molecule has 0 aliphatic carbocycles. The van der Waals surface area contributed by atoms with Gasteiger partial charge in [0.15, 0.2) is 0 Å². The van der Waals surface area contributed by atoms with Gasteiger partial charge in [-0.25, -0.2) is 4.39 Å². The maximum absolute atomic E-state index is 14.4. The average Bonchev–Trinajstić information content (AvgIpc) is 2.46. The van der Waals surface area contributed by atoms with Gasteiger partial charge in [0, 0.05) is 6.42 Å². The number of hydrogen-bond donors (Lipinski definition) is 1. The third-order valence-electron chi connectivity index (χ3n) is 3.98. The number of alkyl halides is 3. The number of carbonyl (C=O) groups is 1. The Hall–Kier alpha value is -2.08. The number of hydrogen-bond acceptors (Lipinski definition) is 1. The third-order valence-corrected chi connectivity index (χ3v) is 3.98. The summed E-state index contributed by atoms with van der Waals surface area (Å²) in [7, 11) is 0. The van der Waals surface area contributed by atoms with Crippen LogP contribution in [0.1, 0.15) is 28.7 Å². The number of rotatable bonds is 4. The van der Waals surface area contributed by atoms with E-state index in [0.717, 1.165) is 11.6 Å². The molecule has 0 unspecified atom stereocenters. The van der Waals surface area contributed by atoms with Crippen LogP contribution >= 0.6 is 12.4 Å². The van der Waals surface area contributed by atoms with E-state index in [1.807, 2.05) is 0 Å². The van der Waals surface area contributed by atoms with Crippen LogP contribution in [-0.4, -0.2) is 11.1 Å². The maximum Gasteiger partial charge on any atom is 0.419 e. The highest BCUT2D eigenvalue weighted by Crippen LogP contribution is 2.39. The first-order valence-corrected chi connectivity index (χ1v) is 7.30. The fourth-order valence-corrected chi connectivity index (χ4v) is 2.70. The van der Waals surface area contributed by atoms with E-state index in [2.05, 4.69) is 0 Å². The van der Waals surface area contributed by atoms with Crippen molar-refractivity contribution in [1.29, 1.82) is 0 Å². The summed E-state index contributed by atoms with van der Waals surface area (Å²) < 4.78 is 54.0. The smallest absolute Gasteiger partial charge is 0.419 e. The van der Waals surface area contributed by atoms with Gasteiger partial charge in [0.25, 0.3) is 0 Å². The monoisotopic (exact) mass is 376 g/mol. The molecule has 2 rings (SSSR count). The van der Waals surface area contributed by atoms with Crippen molar-refractivity contribution in [3.05, 3.63) is 58.4 Å². The number of aryl methyl sites for hydroxylation is 1. The normalized spacial score (nSPS) is 11.1. The fourth-order valence-electron chi connectivity index (χ4n) is 2.70. The zero-order valence-corrected chi connectivity index (χ0v) is 14.4. The Morgan fingerprint density at radius 1 is 1.12 bits per heavy atom. The summed E-state index contributed by atoms with van der Waals surface area (Å²) in [6, 6.07) is 7.67. The van der Waals surface area contributed by atoms with Crippen LogP contribution in [0, 0.1) is 19.7 Å². The molecular weight excluding hydrogens is 360 g/mol. The van der Waals surface area contributed by atoms with Gasteiger partial charge in [-0.3, -0.25) is 4.79 Å². The molecule has 0 bridgehead atoms. The summed E-state index contributed by atoms with van der Waals surface area (Å²) in [6.07, 6.45) is -5.59. The lowest BCUT2D eigenvalue weighted by molar-refractivity contribution is -0.140. The van der Waals surface area contributed by atoms with Crippen LogP contribution in [0.25, 0.3) is 11.1 Å². The molecule has 0 spiro atoms. The predicted molar refractivity (Wildman–Crippen MR) is 89.5 cm³/mol. The molecule has 0 aliphatic rings. The van der Waals surface area contributed by atoms with Gasteiger partial charge in [0.2, 0.25) is 0 Å². The first-order chi connectivity index (χ1) is 11.1. The second kappa shape index (κ2) is 7.87. The highest BCUT2D eigenvalue weighted by Gasteiger charge is 2.36. The van der Waals surface area contributed by atoms with Gasteiger partial charge in [-0.1, -0.05) is 24.3 Å².